The van der Waals surface area contributed by atoms with Crippen LogP contribution in [0.2, 0.25) is 0 Å². The van der Waals surface area contributed by atoms with Crippen molar-refractivity contribution >= 4 is 11.9 Å². The van der Waals surface area contributed by atoms with E-state index < -0.39 is 12.0 Å². The number of aryl methyl sites for hydroxylation is 2. The lowest BCUT2D eigenvalue weighted by atomic mass is 10.1. The zero-order valence-corrected chi connectivity index (χ0v) is 14.6. The lowest BCUT2D eigenvalue weighted by Gasteiger charge is -2.19. The molecule has 25 heavy (non-hydrogen) atoms. The largest absolute Gasteiger partial charge is 0.464 e. The van der Waals surface area contributed by atoms with Crippen molar-refractivity contribution in [1.82, 2.24) is 9.88 Å². The Bertz CT molecular complexity index is 786. The Morgan fingerprint density at radius 3 is 2.28 bits per heavy atom. The molecule has 0 fully saturated rings. The van der Waals surface area contributed by atoms with Gasteiger partial charge in [-0.3, -0.25) is 9.59 Å². The van der Waals surface area contributed by atoms with Crippen LogP contribution in [0, 0.1) is 13.8 Å². The molecule has 1 unspecified atom stereocenters. The van der Waals surface area contributed by atoms with Gasteiger partial charge in [0.15, 0.2) is 11.5 Å². The summed E-state index contributed by atoms with van der Waals surface area (Å²) in [4.78, 5) is 36.2. The number of ether oxygens (including phenoxy) is 1. The summed E-state index contributed by atoms with van der Waals surface area (Å²) in [7, 11) is 0. The molecule has 0 bridgehead atoms. The fraction of sp³-hybridized carbons (Fsp3) is 0.316. The number of nitrogens with one attached hydrogen (secondary N) is 1. The summed E-state index contributed by atoms with van der Waals surface area (Å²) < 4.78 is 6.80. The maximum Gasteiger partial charge on any atom is 0.333 e. The fourth-order valence-corrected chi connectivity index (χ4v) is 2.64. The molecule has 1 atom stereocenters. The third-order valence-electron chi connectivity index (χ3n) is 3.82. The summed E-state index contributed by atoms with van der Waals surface area (Å²) in [5.41, 5.74) is 1.93. The van der Waals surface area contributed by atoms with Gasteiger partial charge in [0.25, 0.3) is 0 Å². The van der Waals surface area contributed by atoms with Gasteiger partial charge >= 0.3 is 5.97 Å². The molecule has 6 heteroatoms. The van der Waals surface area contributed by atoms with Crippen LogP contribution in [0.5, 0.6) is 0 Å². The van der Waals surface area contributed by atoms with Crippen molar-refractivity contribution in [3.8, 4) is 0 Å². The Kier molecular flexibility index (Phi) is 6.11. The number of hydrogen-bond acceptors (Lipinski definition) is 4. The summed E-state index contributed by atoms with van der Waals surface area (Å²) in [6, 6.07) is 11.0. The van der Waals surface area contributed by atoms with E-state index in [0.717, 1.165) is 0 Å². The second-order valence-corrected chi connectivity index (χ2v) is 5.72. The first kappa shape index (κ1) is 18.4. The molecular formula is C19H22N2O4. The van der Waals surface area contributed by atoms with Gasteiger partial charge < -0.3 is 14.6 Å². The molecule has 0 aliphatic carbocycles. The average molecular weight is 342 g/mol. The molecule has 1 N–H and O–H groups in total. The van der Waals surface area contributed by atoms with Crippen molar-refractivity contribution < 1.29 is 14.3 Å². The number of rotatable bonds is 6. The number of aromatic nitrogens is 1. The van der Waals surface area contributed by atoms with Gasteiger partial charge in [0, 0.05) is 23.5 Å². The van der Waals surface area contributed by atoms with E-state index in [0.29, 0.717) is 17.0 Å². The molecule has 1 aromatic heterocycles. The number of nitrogens with zero attached hydrogens (tertiary/aromatic N) is 1. The Labute approximate surface area is 146 Å². The van der Waals surface area contributed by atoms with Crippen molar-refractivity contribution in [2.45, 2.75) is 33.4 Å². The SMILES string of the molecule is CCOC(=O)C(NC(=O)Cn1c(C)cc(=O)cc1C)c1ccccc1. The van der Waals surface area contributed by atoms with Crippen molar-refractivity contribution in [3.05, 3.63) is 69.6 Å². The van der Waals surface area contributed by atoms with Crippen LogP contribution in [-0.2, 0) is 20.9 Å². The predicted octanol–water partition coefficient (Wildman–Crippen LogP) is 1.89. The molecule has 1 heterocycles. The van der Waals surface area contributed by atoms with Crippen molar-refractivity contribution in [3.63, 3.8) is 0 Å². The standard InChI is InChI=1S/C19H22N2O4/c1-4-25-19(24)18(15-8-6-5-7-9-15)20-17(23)12-21-13(2)10-16(22)11-14(21)3/h5-11,18H,4,12H2,1-3H3,(H,20,23). The molecule has 2 rings (SSSR count). The molecule has 0 saturated heterocycles. The molecule has 0 aliphatic rings. The van der Waals surface area contributed by atoms with Crippen LogP contribution in [-0.4, -0.2) is 23.1 Å². The van der Waals surface area contributed by atoms with E-state index in [4.69, 9.17) is 4.74 Å². The zero-order valence-electron chi connectivity index (χ0n) is 14.6. The molecule has 2 aromatic rings. The molecule has 6 nitrogen and oxygen atoms in total. The molecule has 1 amide bonds. The van der Waals surface area contributed by atoms with Gasteiger partial charge in [-0.05, 0) is 26.3 Å². The molecule has 1 aromatic carbocycles. The minimum Gasteiger partial charge on any atom is -0.464 e. The fourth-order valence-electron chi connectivity index (χ4n) is 2.64. The van der Waals surface area contributed by atoms with E-state index >= 15 is 0 Å². The van der Waals surface area contributed by atoms with E-state index in [1.54, 1.807) is 49.6 Å². The quantitative estimate of drug-likeness (QED) is 0.813. The smallest absolute Gasteiger partial charge is 0.333 e. The molecular weight excluding hydrogens is 320 g/mol. The first-order valence-electron chi connectivity index (χ1n) is 8.11. The predicted molar refractivity (Wildman–Crippen MR) is 94.1 cm³/mol. The van der Waals surface area contributed by atoms with E-state index in [1.165, 1.54) is 12.1 Å². The van der Waals surface area contributed by atoms with E-state index in [2.05, 4.69) is 5.32 Å². The summed E-state index contributed by atoms with van der Waals surface area (Å²) in [6.45, 7) is 5.49. The van der Waals surface area contributed by atoms with E-state index in [-0.39, 0.29) is 24.5 Å². The Hall–Kier alpha value is -2.89. The van der Waals surface area contributed by atoms with Crippen LogP contribution in [0.15, 0.2) is 47.3 Å². The van der Waals surface area contributed by atoms with Gasteiger partial charge in [0.05, 0.1) is 6.61 Å². The van der Waals surface area contributed by atoms with Crippen molar-refractivity contribution in [2.75, 3.05) is 6.61 Å². The van der Waals surface area contributed by atoms with Crippen LogP contribution in [0.1, 0.15) is 29.9 Å². The van der Waals surface area contributed by atoms with Gasteiger partial charge in [0.2, 0.25) is 5.91 Å². The number of esters is 1. The van der Waals surface area contributed by atoms with Crippen LogP contribution in [0.3, 0.4) is 0 Å². The summed E-state index contributed by atoms with van der Waals surface area (Å²) >= 11 is 0. The van der Waals surface area contributed by atoms with Gasteiger partial charge in [0.1, 0.15) is 6.54 Å². The molecule has 132 valence electrons. The summed E-state index contributed by atoms with van der Waals surface area (Å²) in [5, 5.41) is 2.72. The maximum absolute atomic E-state index is 12.5. The number of amides is 1. The minimum atomic E-state index is -0.867. The van der Waals surface area contributed by atoms with Crippen LogP contribution >= 0.6 is 0 Å². The molecule has 0 radical (unpaired) electrons. The summed E-state index contributed by atoms with van der Waals surface area (Å²) in [5.74, 6) is -0.841. The first-order valence-corrected chi connectivity index (χ1v) is 8.11. The first-order chi connectivity index (χ1) is 11.9. The molecule has 0 saturated carbocycles. The third kappa shape index (κ3) is 4.79. The second kappa shape index (κ2) is 8.28. The Morgan fingerprint density at radius 2 is 1.72 bits per heavy atom. The van der Waals surface area contributed by atoms with Gasteiger partial charge in [-0.2, -0.15) is 0 Å². The lowest BCUT2D eigenvalue weighted by Crippen LogP contribution is -2.37. The highest BCUT2D eigenvalue weighted by Crippen LogP contribution is 2.15. The lowest BCUT2D eigenvalue weighted by molar-refractivity contribution is -0.147. The number of benzene rings is 1. The van der Waals surface area contributed by atoms with Crippen molar-refractivity contribution in [1.29, 1.82) is 0 Å². The second-order valence-electron chi connectivity index (χ2n) is 5.72. The van der Waals surface area contributed by atoms with E-state index in [9.17, 15) is 14.4 Å². The highest BCUT2D eigenvalue weighted by Gasteiger charge is 2.24. The topological polar surface area (TPSA) is 77.4 Å². The average Bonchev–Trinajstić information content (AvgIpc) is 2.57. The third-order valence-corrected chi connectivity index (χ3v) is 3.82. The van der Waals surface area contributed by atoms with Gasteiger partial charge in [-0.25, -0.2) is 4.79 Å². The Balaban J connectivity index is 2.20. The maximum atomic E-state index is 12.5. The Morgan fingerprint density at radius 1 is 1.12 bits per heavy atom. The number of carbonyl (C=O) groups excluding carboxylic acids is 2. The van der Waals surface area contributed by atoms with E-state index in [1.807, 2.05) is 6.07 Å². The van der Waals surface area contributed by atoms with Gasteiger partial charge in [-0.1, -0.05) is 30.3 Å². The zero-order chi connectivity index (χ0) is 18.4. The number of carbonyl (C=O) groups is 2. The highest BCUT2D eigenvalue weighted by molar-refractivity contribution is 5.85. The van der Waals surface area contributed by atoms with Crippen molar-refractivity contribution in [2.24, 2.45) is 0 Å². The number of pyridine rings is 1. The van der Waals surface area contributed by atoms with Crippen LogP contribution in [0.4, 0.5) is 0 Å². The van der Waals surface area contributed by atoms with Crippen LogP contribution < -0.4 is 10.7 Å². The molecule has 0 aliphatic heterocycles. The number of hydrogen-bond donors (Lipinski definition) is 1. The highest BCUT2D eigenvalue weighted by atomic mass is 16.5. The minimum absolute atomic E-state index is 0.0146. The summed E-state index contributed by atoms with van der Waals surface area (Å²) in [6.07, 6.45) is 0. The van der Waals surface area contributed by atoms with Crippen LogP contribution in [0.25, 0.3) is 0 Å². The normalized spacial score (nSPS) is 11.6. The monoisotopic (exact) mass is 342 g/mol. The van der Waals surface area contributed by atoms with Gasteiger partial charge in [-0.15, -0.1) is 0 Å². The molecule has 0 spiro atoms.